The van der Waals surface area contributed by atoms with E-state index in [9.17, 15) is 4.79 Å². The topological polar surface area (TPSA) is 52.2 Å². The fourth-order valence-corrected chi connectivity index (χ4v) is 5.02. The summed E-state index contributed by atoms with van der Waals surface area (Å²) in [6, 6.07) is 17.6. The quantitative estimate of drug-likeness (QED) is 0.358. The van der Waals surface area contributed by atoms with E-state index in [0.29, 0.717) is 22.3 Å². The van der Waals surface area contributed by atoms with Gasteiger partial charge in [0.2, 0.25) is 0 Å². The summed E-state index contributed by atoms with van der Waals surface area (Å²) in [6.07, 6.45) is 1.75. The Kier molecular flexibility index (Phi) is 4.87. The van der Waals surface area contributed by atoms with Gasteiger partial charge >= 0.3 is 0 Å². The number of halogens is 1. The zero-order valence-corrected chi connectivity index (χ0v) is 17.5. The Morgan fingerprint density at radius 3 is 2.79 bits per heavy atom. The summed E-state index contributed by atoms with van der Waals surface area (Å²) in [5.74, 6) is 0.565. The number of imidazole rings is 1. The van der Waals surface area contributed by atoms with E-state index in [1.165, 1.54) is 16.9 Å². The van der Waals surface area contributed by atoms with Crippen LogP contribution >= 0.6 is 34.7 Å². The average molecular weight is 439 g/mol. The van der Waals surface area contributed by atoms with Gasteiger partial charge in [0.1, 0.15) is 0 Å². The predicted octanol–water partition coefficient (Wildman–Crippen LogP) is 5.10. The molecule has 3 heterocycles. The molecule has 0 radical (unpaired) electrons. The van der Waals surface area contributed by atoms with Crippen molar-refractivity contribution in [2.75, 3.05) is 0 Å². The molecule has 0 N–H and O–H groups in total. The lowest BCUT2D eigenvalue weighted by atomic mass is 10.2. The van der Waals surface area contributed by atoms with Crippen molar-refractivity contribution in [3.8, 4) is 0 Å². The van der Waals surface area contributed by atoms with Crippen LogP contribution in [0.25, 0.3) is 16.0 Å². The van der Waals surface area contributed by atoms with Crippen LogP contribution in [0.2, 0.25) is 5.02 Å². The van der Waals surface area contributed by atoms with E-state index in [-0.39, 0.29) is 5.56 Å². The average Bonchev–Trinajstić information content (AvgIpc) is 3.32. The minimum absolute atomic E-state index is 0.0589. The first-order valence-electron chi connectivity index (χ1n) is 8.96. The van der Waals surface area contributed by atoms with Crippen molar-refractivity contribution in [3.63, 3.8) is 0 Å². The molecule has 3 aromatic heterocycles. The smallest absolute Gasteiger partial charge is 0.258 e. The Morgan fingerprint density at radius 2 is 1.93 bits per heavy atom. The summed E-state index contributed by atoms with van der Waals surface area (Å²) in [6.45, 7) is 0.710. The Hall–Kier alpha value is -2.61. The van der Waals surface area contributed by atoms with E-state index in [1.807, 2.05) is 41.8 Å². The second kappa shape index (κ2) is 7.67. The summed E-state index contributed by atoms with van der Waals surface area (Å²) in [5, 5.41) is 3.40. The lowest BCUT2D eigenvalue weighted by Gasteiger charge is -2.09. The van der Waals surface area contributed by atoms with Gasteiger partial charge in [0.25, 0.3) is 5.56 Å². The lowest BCUT2D eigenvalue weighted by Crippen LogP contribution is -2.12. The molecule has 0 bridgehead atoms. The molecule has 5 rings (SSSR count). The number of aromatic nitrogens is 4. The van der Waals surface area contributed by atoms with Gasteiger partial charge in [0.05, 0.1) is 23.3 Å². The zero-order valence-electron chi connectivity index (χ0n) is 15.2. The SMILES string of the molecule is O=c1cc(CSc2nc3cc(Cl)ccc3n2Cc2ccccc2)nc2sccn12. The fraction of sp³-hybridized carbons (Fsp3) is 0.0952. The van der Waals surface area contributed by atoms with Crippen molar-refractivity contribution >= 4 is 50.7 Å². The number of rotatable bonds is 5. The van der Waals surface area contributed by atoms with Crippen molar-refractivity contribution in [2.24, 2.45) is 0 Å². The molecule has 0 aliphatic rings. The molecule has 5 aromatic rings. The molecule has 2 aromatic carbocycles. The maximum atomic E-state index is 12.2. The molecule has 0 spiro atoms. The van der Waals surface area contributed by atoms with Crippen molar-refractivity contribution in [1.29, 1.82) is 0 Å². The molecule has 0 amide bonds. The highest BCUT2D eigenvalue weighted by molar-refractivity contribution is 7.98. The van der Waals surface area contributed by atoms with Gasteiger partial charge in [-0.05, 0) is 23.8 Å². The van der Waals surface area contributed by atoms with Crippen LogP contribution in [-0.2, 0) is 12.3 Å². The second-order valence-electron chi connectivity index (χ2n) is 6.53. The van der Waals surface area contributed by atoms with Gasteiger partial charge in [-0.25, -0.2) is 9.97 Å². The maximum absolute atomic E-state index is 12.2. The highest BCUT2D eigenvalue weighted by atomic mass is 35.5. The van der Waals surface area contributed by atoms with Crippen molar-refractivity contribution in [3.05, 3.63) is 92.8 Å². The normalized spacial score (nSPS) is 11.5. The summed E-state index contributed by atoms with van der Waals surface area (Å²) >= 11 is 9.20. The number of hydrogen-bond acceptors (Lipinski definition) is 5. The third-order valence-corrected chi connectivity index (χ3v) is 6.57. The number of benzene rings is 2. The highest BCUT2D eigenvalue weighted by Gasteiger charge is 2.13. The van der Waals surface area contributed by atoms with E-state index >= 15 is 0 Å². The van der Waals surface area contributed by atoms with Crippen LogP contribution in [0.4, 0.5) is 0 Å². The van der Waals surface area contributed by atoms with Crippen LogP contribution in [-0.4, -0.2) is 18.9 Å². The monoisotopic (exact) mass is 438 g/mol. The fourth-order valence-electron chi connectivity index (χ4n) is 3.21. The molecule has 144 valence electrons. The molecule has 5 nitrogen and oxygen atoms in total. The first-order valence-corrected chi connectivity index (χ1v) is 11.2. The largest absolute Gasteiger partial charge is 0.314 e. The van der Waals surface area contributed by atoms with E-state index in [0.717, 1.165) is 21.9 Å². The number of fused-ring (bicyclic) bond motifs is 2. The summed E-state index contributed by atoms with van der Waals surface area (Å²) < 4.78 is 3.74. The van der Waals surface area contributed by atoms with Gasteiger partial charge in [-0.1, -0.05) is 53.7 Å². The van der Waals surface area contributed by atoms with Gasteiger partial charge in [0.15, 0.2) is 10.1 Å². The van der Waals surface area contributed by atoms with Crippen LogP contribution in [0.1, 0.15) is 11.3 Å². The molecule has 0 saturated heterocycles. The molecule has 0 aliphatic heterocycles. The van der Waals surface area contributed by atoms with Gasteiger partial charge < -0.3 is 4.57 Å². The third-order valence-electron chi connectivity index (χ3n) is 4.56. The minimum Gasteiger partial charge on any atom is -0.314 e. The molecule has 0 saturated carbocycles. The molecular formula is C21H15ClN4OS2. The van der Waals surface area contributed by atoms with Crippen LogP contribution in [0.3, 0.4) is 0 Å². The molecule has 0 unspecified atom stereocenters. The zero-order chi connectivity index (χ0) is 19.8. The van der Waals surface area contributed by atoms with Crippen molar-refractivity contribution in [1.82, 2.24) is 18.9 Å². The van der Waals surface area contributed by atoms with Crippen LogP contribution < -0.4 is 5.56 Å². The summed E-state index contributed by atoms with van der Waals surface area (Å²) in [7, 11) is 0. The van der Waals surface area contributed by atoms with Crippen LogP contribution in [0, 0.1) is 0 Å². The van der Waals surface area contributed by atoms with Crippen LogP contribution in [0.15, 0.2) is 76.1 Å². The molecule has 0 aliphatic carbocycles. The number of thioether (sulfide) groups is 1. The molecule has 0 atom stereocenters. The Balaban J connectivity index is 1.51. The maximum Gasteiger partial charge on any atom is 0.258 e. The molecular weight excluding hydrogens is 424 g/mol. The molecule has 29 heavy (non-hydrogen) atoms. The Labute approximate surface area is 179 Å². The Morgan fingerprint density at radius 1 is 1.07 bits per heavy atom. The first kappa shape index (κ1) is 18.4. The third kappa shape index (κ3) is 3.69. The van der Waals surface area contributed by atoms with Gasteiger partial charge in [-0.2, -0.15) is 0 Å². The number of hydrogen-bond donors (Lipinski definition) is 0. The minimum atomic E-state index is -0.0589. The molecule has 8 heteroatoms. The van der Waals surface area contributed by atoms with Crippen LogP contribution in [0.5, 0.6) is 0 Å². The van der Waals surface area contributed by atoms with E-state index in [4.69, 9.17) is 16.6 Å². The van der Waals surface area contributed by atoms with Gasteiger partial charge in [-0.3, -0.25) is 9.20 Å². The summed E-state index contributed by atoms with van der Waals surface area (Å²) in [5.41, 5.74) is 3.77. The summed E-state index contributed by atoms with van der Waals surface area (Å²) in [4.78, 5) is 22.3. The van der Waals surface area contributed by atoms with E-state index in [1.54, 1.807) is 28.4 Å². The van der Waals surface area contributed by atoms with E-state index in [2.05, 4.69) is 21.7 Å². The van der Waals surface area contributed by atoms with Gasteiger partial charge in [-0.15, -0.1) is 11.3 Å². The van der Waals surface area contributed by atoms with E-state index < -0.39 is 0 Å². The lowest BCUT2D eigenvalue weighted by molar-refractivity contribution is 0.731. The number of nitrogens with zero attached hydrogens (tertiary/aromatic N) is 4. The first-order chi connectivity index (χ1) is 14.2. The van der Waals surface area contributed by atoms with Gasteiger partial charge in [0, 0.05) is 28.4 Å². The Bertz CT molecular complexity index is 1370. The standard InChI is InChI=1S/C21H15ClN4OS2/c22-15-6-7-18-17(10-15)24-21(26(18)12-14-4-2-1-3-5-14)29-13-16-11-19(27)25-8-9-28-20(25)23-16/h1-11H,12-13H2. The van der Waals surface area contributed by atoms with Crippen molar-refractivity contribution in [2.45, 2.75) is 17.5 Å². The second-order valence-corrected chi connectivity index (χ2v) is 8.78. The highest BCUT2D eigenvalue weighted by Crippen LogP contribution is 2.29. The molecule has 0 fully saturated rings. The van der Waals surface area contributed by atoms with Crippen molar-refractivity contribution < 1.29 is 0 Å². The predicted molar refractivity (Wildman–Crippen MR) is 119 cm³/mol. The number of thiazole rings is 1.